The maximum absolute atomic E-state index is 6.87. The van der Waals surface area contributed by atoms with Gasteiger partial charge in [0.15, 0.2) is 0 Å². The van der Waals surface area contributed by atoms with Crippen molar-refractivity contribution in [3.05, 3.63) is 167 Å². The van der Waals surface area contributed by atoms with Crippen molar-refractivity contribution < 1.29 is 0 Å². The Labute approximate surface area is 344 Å². The minimum atomic E-state index is 0.677. The zero-order chi connectivity index (χ0) is 37.5. The van der Waals surface area contributed by atoms with E-state index in [1.54, 1.807) is 0 Å². The van der Waals surface area contributed by atoms with Crippen LogP contribution in [0.2, 0.25) is 0 Å². The minimum Gasteiger partial charge on any atom is -0.398 e. The molecule has 8 heteroatoms. The summed E-state index contributed by atoms with van der Waals surface area (Å²) in [6, 6.07) is 44.9. The fourth-order valence-electron chi connectivity index (χ4n) is 7.40. The van der Waals surface area contributed by atoms with E-state index < -0.39 is 0 Å². The van der Waals surface area contributed by atoms with E-state index in [4.69, 9.17) is 15.7 Å². The van der Waals surface area contributed by atoms with Crippen molar-refractivity contribution in [2.45, 2.75) is 16.0 Å². The van der Waals surface area contributed by atoms with Crippen LogP contribution in [0.3, 0.4) is 0 Å². The van der Waals surface area contributed by atoms with Gasteiger partial charge in [0.25, 0.3) is 0 Å². The third-order valence-corrected chi connectivity index (χ3v) is 12.1. The van der Waals surface area contributed by atoms with Crippen LogP contribution >= 0.6 is 47.8 Å². The lowest BCUT2D eigenvalue weighted by Gasteiger charge is -2.15. The first-order valence-corrected chi connectivity index (χ1v) is 21.3. The van der Waals surface area contributed by atoms with Crippen LogP contribution in [-0.2, 0) is 16.0 Å². The van der Waals surface area contributed by atoms with E-state index in [1.165, 1.54) is 16.7 Å². The number of alkyl halides is 3. The van der Waals surface area contributed by atoms with E-state index in [1.807, 2.05) is 18.2 Å². The number of hydrogen-bond donors (Lipinski definition) is 2. The number of nitrogen functional groups attached to an aromatic ring is 1. The number of para-hydroxylation sites is 1. The monoisotopic (exact) mass is 905 g/mol. The standard InChI is InChI=1S/C47H34Br3N5/c48-26-29-5-11-32(12-6-29)45-39-19-15-34(52-39)25-35-16-20-41(53-35)46(33-13-7-30(27-49)8-14-33)43-23-24-44(55(43)36-17-9-31(28-50)10-18-36)47(42-22-21-40(45)54-42)37-3-1-2-4-38(37)51/h1-25,52H,26-28,51H2. The van der Waals surface area contributed by atoms with Gasteiger partial charge in [0.2, 0.25) is 0 Å². The summed E-state index contributed by atoms with van der Waals surface area (Å²) in [5.74, 6) is 0. The molecule has 9 rings (SSSR count). The number of H-pyrrole nitrogens is 1. The molecular weight excluding hydrogens is 874 g/mol. The summed E-state index contributed by atoms with van der Waals surface area (Å²) in [5.41, 5.74) is 25.5. The molecule has 5 heterocycles. The maximum atomic E-state index is 6.87. The van der Waals surface area contributed by atoms with Crippen molar-refractivity contribution in [2.75, 3.05) is 5.73 Å². The number of anilines is 1. The van der Waals surface area contributed by atoms with Gasteiger partial charge in [-0.25, -0.2) is 9.97 Å². The number of hydrogen-bond acceptors (Lipinski definition) is 3. The van der Waals surface area contributed by atoms with Crippen molar-refractivity contribution in [2.24, 2.45) is 0 Å². The van der Waals surface area contributed by atoms with Gasteiger partial charge >= 0.3 is 0 Å². The Morgan fingerprint density at radius 3 is 1.71 bits per heavy atom. The van der Waals surface area contributed by atoms with Crippen LogP contribution in [0, 0.1) is 0 Å². The third kappa shape index (κ3) is 6.73. The van der Waals surface area contributed by atoms with Crippen LogP contribution in [0.1, 0.15) is 39.5 Å². The topological polar surface area (TPSA) is 72.5 Å². The molecule has 0 aliphatic carbocycles. The molecule has 4 aromatic carbocycles. The second kappa shape index (κ2) is 15.1. The lowest BCUT2D eigenvalue weighted by atomic mass is 10.0. The van der Waals surface area contributed by atoms with Crippen LogP contribution in [0.25, 0.3) is 85.4 Å². The van der Waals surface area contributed by atoms with Gasteiger partial charge in [-0.05, 0) is 101 Å². The summed E-state index contributed by atoms with van der Waals surface area (Å²) >= 11 is 10.9. The van der Waals surface area contributed by atoms with Crippen molar-refractivity contribution in [3.63, 3.8) is 0 Å². The summed E-state index contributed by atoms with van der Waals surface area (Å²) in [4.78, 5) is 14.4. The fraction of sp³-hybridized carbons (Fsp3) is 0.0638. The quantitative estimate of drug-likeness (QED) is 0.124. The molecule has 0 fully saturated rings. The molecule has 8 bridgehead atoms. The molecule has 55 heavy (non-hydrogen) atoms. The number of aromatic nitrogens is 4. The van der Waals surface area contributed by atoms with Crippen LogP contribution in [0.15, 0.2) is 127 Å². The van der Waals surface area contributed by atoms with E-state index in [0.717, 1.165) is 99.9 Å². The number of aromatic amines is 1. The lowest BCUT2D eigenvalue weighted by molar-refractivity contribution is 1.16. The summed E-state index contributed by atoms with van der Waals surface area (Å²) in [7, 11) is 0. The van der Waals surface area contributed by atoms with Gasteiger partial charge in [-0.1, -0.05) is 127 Å². The maximum Gasteiger partial charge on any atom is 0.0738 e. The predicted molar refractivity (Wildman–Crippen MR) is 242 cm³/mol. The highest BCUT2D eigenvalue weighted by atomic mass is 79.9. The predicted octanol–water partition coefficient (Wildman–Crippen LogP) is 13.4. The smallest absolute Gasteiger partial charge is 0.0738 e. The number of nitrogens with one attached hydrogen (secondary N) is 1. The zero-order valence-electron chi connectivity index (χ0n) is 29.6. The summed E-state index contributed by atoms with van der Waals surface area (Å²) < 4.78 is 2.34. The molecule has 5 nitrogen and oxygen atoms in total. The Morgan fingerprint density at radius 1 is 0.527 bits per heavy atom. The summed E-state index contributed by atoms with van der Waals surface area (Å²) in [6.07, 6.45) is 8.46. The summed E-state index contributed by atoms with van der Waals surface area (Å²) in [6.45, 7) is 0. The van der Waals surface area contributed by atoms with Gasteiger partial charge < -0.3 is 15.3 Å². The Morgan fingerprint density at radius 2 is 1.07 bits per heavy atom. The Bertz CT molecular complexity index is 2810. The van der Waals surface area contributed by atoms with E-state index in [2.05, 4.69) is 191 Å². The second-order valence-electron chi connectivity index (χ2n) is 13.6. The molecule has 0 atom stereocenters. The number of rotatable bonds is 7. The van der Waals surface area contributed by atoms with Crippen LogP contribution in [0.4, 0.5) is 5.69 Å². The highest BCUT2D eigenvalue weighted by Crippen LogP contribution is 2.40. The van der Waals surface area contributed by atoms with Gasteiger partial charge in [0.05, 0.1) is 33.8 Å². The molecule has 0 unspecified atom stereocenters. The van der Waals surface area contributed by atoms with Crippen LogP contribution < -0.4 is 5.73 Å². The zero-order valence-corrected chi connectivity index (χ0v) is 34.4. The van der Waals surface area contributed by atoms with E-state index >= 15 is 0 Å². The van der Waals surface area contributed by atoms with Crippen molar-refractivity contribution in [3.8, 4) is 39.1 Å². The van der Waals surface area contributed by atoms with Gasteiger partial charge in [0.1, 0.15) is 0 Å². The Balaban J connectivity index is 1.49. The molecular formula is C47H34Br3N5. The molecule has 7 aromatic rings. The average molecular weight is 909 g/mol. The molecule has 0 amide bonds. The Kier molecular flexibility index (Phi) is 9.72. The molecule has 0 saturated heterocycles. The Hall–Kier alpha value is -5.28. The largest absolute Gasteiger partial charge is 0.398 e. The number of fused-ring (bicyclic) bond motifs is 8. The molecule has 0 radical (unpaired) electrons. The number of halogens is 3. The fourth-order valence-corrected chi connectivity index (χ4v) is 8.52. The average Bonchev–Trinajstić information content (AvgIpc) is 4.06. The normalized spacial score (nSPS) is 12.1. The van der Waals surface area contributed by atoms with Gasteiger partial charge in [-0.3, -0.25) is 0 Å². The molecule has 268 valence electrons. The van der Waals surface area contributed by atoms with E-state index in [9.17, 15) is 0 Å². The first-order chi connectivity index (χ1) is 27.0. The van der Waals surface area contributed by atoms with Crippen molar-refractivity contribution in [1.82, 2.24) is 19.5 Å². The first kappa shape index (κ1) is 35.4. The lowest BCUT2D eigenvalue weighted by Crippen LogP contribution is -2.00. The number of nitrogens with two attached hydrogens (primary N) is 1. The van der Waals surface area contributed by atoms with Crippen LogP contribution in [0.5, 0.6) is 0 Å². The van der Waals surface area contributed by atoms with Crippen molar-refractivity contribution >= 4 is 99.8 Å². The second-order valence-corrected chi connectivity index (χ2v) is 15.2. The molecule has 3 aromatic heterocycles. The van der Waals surface area contributed by atoms with Crippen LogP contribution in [-0.4, -0.2) is 19.5 Å². The molecule has 0 saturated carbocycles. The van der Waals surface area contributed by atoms with Gasteiger partial charge in [0, 0.05) is 60.7 Å². The van der Waals surface area contributed by atoms with Crippen molar-refractivity contribution in [1.29, 1.82) is 0 Å². The van der Waals surface area contributed by atoms with E-state index in [-0.39, 0.29) is 0 Å². The first-order valence-electron chi connectivity index (χ1n) is 18.0. The molecule has 3 N–H and O–H groups in total. The van der Waals surface area contributed by atoms with Gasteiger partial charge in [-0.2, -0.15) is 0 Å². The third-order valence-electron chi connectivity index (χ3n) is 10.1. The SMILES string of the molecule is Nc1ccccc1-c1c2nc(c(-c3ccc(CBr)cc3)c3ccc(cc4nc(c(-c5ccc(CBr)cc5)c5ccc1n5-c1ccc(CBr)cc1)C=C4)[nH]3)C=C2. The highest BCUT2D eigenvalue weighted by molar-refractivity contribution is 9.09. The number of benzene rings is 4. The molecule has 2 aliphatic heterocycles. The molecule has 2 aliphatic rings. The number of nitrogens with zero attached hydrogens (tertiary/aromatic N) is 3. The minimum absolute atomic E-state index is 0.677. The highest BCUT2D eigenvalue weighted by Gasteiger charge is 2.21. The summed E-state index contributed by atoms with van der Waals surface area (Å²) in [5, 5.41) is 2.34. The van der Waals surface area contributed by atoms with E-state index in [0.29, 0.717) is 5.69 Å². The molecule has 0 spiro atoms. The van der Waals surface area contributed by atoms with Gasteiger partial charge in [-0.15, -0.1) is 0 Å².